The van der Waals surface area contributed by atoms with E-state index < -0.39 is 10.5 Å². The van der Waals surface area contributed by atoms with Gasteiger partial charge in [-0.25, -0.2) is 0 Å². The molecule has 0 heterocycles. The Hall–Kier alpha value is -1.95. The first-order valence-corrected chi connectivity index (χ1v) is 6.70. The lowest BCUT2D eigenvalue weighted by atomic mass is 9.92. The molecule has 0 spiro atoms. The summed E-state index contributed by atoms with van der Waals surface area (Å²) in [6.07, 6.45) is 1.62. The van der Waals surface area contributed by atoms with Gasteiger partial charge in [-0.05, 0) is 18.4 Å². The van der Waals surface area contributed by atoms with Gasteiger partial charge in [0.2, 0.25) is 5.91 Å². The van der Waals surface area contributed by atoms with Gasteiger partial charge in [0, 0.05) is 18.7 Å². The molecule has 0 radical (unpaired) electrons. The van der Waals surface area contributed by atoms with Gasteiger partial charge in [-0.3, -0.25) is 14.9 Å². The number of benzene rings is 1. The van der Waals surface area contributed by atoms with Gasteiger partial charge in [0.25, 0.3) is 5.69 Å². The average molecular weight is 279 g/mol. The fraction of sp³-hybridized carbons (Fsp3) is 0.500. The van der Waals surface area contributed by atoms with Crippen LogP contribution in [0.1, 0.15) is 32.3 Å². The number of hydrogen-bond donors (Lipinski definition) is 2. The van der Waals surface area contributed by atoms with Crippen LogP contribution in [0.25, 0.3) is 0 Å². The van der Waals surface area contributed by atoms with Gasteiger partial charge in [-0.2, -0.15) is 0 Å². The van der Waals surface area contributed by atoms with E-state index in [1.165, 1.54) is 12.1 Å². The number of nitro groups is 1. The summed E-state index contributed by atoms with van der Waals surface area (Å²) < 4.78 is 0. The van der Waals surface area contributed by atoms with E-state index in [0.29, 0.717) is 12.1 Å². The first kappa shape index (κ1) is 16.1. The minimum Gasteiger partial charge on any atom is -0.349 e. The summed E-state index contributed by atoms with van der Waals surface area (Å²) in [7, 11) is 0. The van der Waals surface area contributed by atoms with Crippen molar-refractivity contribution in [2.75, 3.05) is 6.54 Å². The van der Waals surface area contributed by atoms with E-state index in [1.807, 2.05) is 13.8 Å². The lowest BCUT2D eigenvalue weighted by molar-refractivity contribution is -0.384. The van der Waals surface area contributed by atoms with E-state index in [4.69, 9.17) is 5.73 Å². The second-order valence-electron chi connectivity index (χ2n) is 4.84. The zero-order valence-electron chi connectivity index (χ0n) is 11.9. The van der Waals surface area contributed by atoms with E-state index in [0.717, 1.165) is 12.8 Å². The predicted molar refractivity (Wildman–Crippen MR) is 77.3 cm³/mol. The van der Waals surface area contributed by atoms with Crippen LogP contribution in [0.3, 0.4) is 0 Å². The number of non-ortho nitro benzene ring substituents is 1. The lowest BCUT2D eigenvalue weighted by Gasteiger charge is -2.31. The fourth-order valence-electron chi connectivity index (χ4n) is 2.07. The highest BCUT2D eigenvalue weighted by atomic mass is 16.6. The van der Waals surface area contributed by atoms with Crippen LogP contribution in [0.4, 0.5) is 5.69 Å². The Morgan fingerprint density at radius 1 is 1.40 bits per heavy atom. The van der Waals surface area contributed by atoms with Crippen LogP contribution in [-0.2, 0) is 11.2 Å². The van der Waals surface area contributed by atoms with Crippen molar-refractivity contribution in [3.8, 4) is 0 Å². The van der Waals surface area contributed by atoms with Crippen molar-refractivity contribution in [1.82, 2.24) is 5.32 Å². The molecule has 6 heteroatoms. The maximum atomic E-state index is 12.0. The van der Waals surface area contributed by atoms with Crippen LogP contribution in [0.15, 0.2) is 24.3 Å². The molecule has 0 aliphatic rings. The molecule has 1 rings (SSSR count). The van der Waals surface area contributed by atoms with Crippen molar-refractivity contribution >= 4 is 11.6 Å². The zero-order valence-corrected chi connectivity index (χ0v) is 11.9. The first-order chi connectivity index (χ1) is 9.46. The highest BCUT2D eigenvalue weighted by Crippen LogP contribution is 2.16. The summed E-state index contributed by atoms with van der Waals surface area (Å²) in [5.74, 6) is -0.167. The summed E-state index contributed by atoms with van der Waals surface area (Å²) >= 11 is 0. The number of rotatable bonds is 7. The van der Waals surface area contributed by atoms with Crippen molar-refractivity contribution in [1.29, 1.82) is 0 Å². The van der Waals surface area contributed by atoms with Gasteiger partial charge >= 0.3 is 0 Å². The minimum absolute atomic E-state index is 0.00799. The van der Waals surface area contributed by atoms with Gasteiger partial charge < -0.3 is 11.1 Å². The summed E-state index contributed by atoms with van der Waals surface area (Å²) in [5.41, 5.74) is 5.95. The SMILES string of the molecule is CCC(CC)(CN)NC(=O)Cc1cccc([N+](=O)[O-])c1. The van der Waals surface area contributed by atoms with E-state index in [1.54, 1.807) is 12.1 Å². The molecule has 110 valence electrons. The predicted octanol–water partition coefficient (Wildman–Crippen LogP) is 1.77. The number of nitro benzene ring substituents is 1. The van der Waals surface area contributed by atoms with Gasteiger partial charge in [-0.15, -0.1) is 0 Å². The van der Waals surface area contributed by atoms with Crippen LogP contribution in [0.5, 0.6) is 0 Å². The van der Waals surface area contributed by atoms with Gasteiger partial charge in [0.05, 0.1) is 16.9 Å². The Morgan fingerprint density at radius 2 is 2.05 bits per heavy atom. The molecule has 1 aromatic rings. The van der Waals surface area contributed by atoms with E-state index in [2.05, 4.69) is 5.32 Å². The van der Waals surface area contributed by atoms with Gasteiger partial charge in [0.1, 0.15) is 0 Å². The maximum absolute atomic E-state index is 12.0. The summed E-state index contributed by atoms with van der Waals surface area (Å²) in [6.45, 7) is 4.33. The third-order valence-corrected chi connectivity index (χ3v) is 3.63. The zero-order chi connectivity index (χ0) is 15.2. The standard InChI is InChI=1S/C14H21N3O3/c1-3-14(4-2,10-15)16-13(18)9-11-6-5-7-12(8-11)17(19)20/h5-8H,3-4,9-10,15H2,1-2H3,(H,16,18). The molecule has 0 aliphatic carbocycles. The van der Waals surface area contributed by atoms with Crippen molar-refractivity contribution in [2.45, 2.75) is 38.6 Å². The van der Waals surface area contributed by atoms with Crippen LogP contribution >= 0.6 is 0 Å². The minimum atomic E-state index is -0.469. The lowest BCUT2D eigenvalue weighted by Crippen LogP contribution is -2.53. The largest absolute Gasteiger partial charge is 0.349 e. The molecule has 0 unspecified atom stereocenters. The Kier molecular flexibility index (Phi) is 5.64. The molecule has 1 amide bonds. The monoisotopic (exact) mass is 279 g/mol. The molecular weight excluding hydrogens is 258 g/mol. The molecule has 0 fully saturated rings. The Labute approximate surface area is 118 Å². The normalized spacial score (nSPS) is 11.2. The van der Waals surface area contributed by atoms with Crippen molar-refractivity contribution in [2.24, 2.45) is 5.73 Å². The number of nitrogens with two attached hydrogens (primary N) is 1. The van der Waals surface area contributed by atoms with E-state index in [-0.39, 0.29) is 18.0 Å². The average Bonchev–Trinajstić information content (AvgIpc) is 2.45. The number of amides is 1. The van der Waals surface area contributed by atoms with Gasteiger partial charge in [-0.1, -0.05) is 26.0 Å². The molecule has 20 heavy (non-hydrogen) atoms. The summed E-state index contributed by atoms with van der Waals surface area (Å²) in [4.78, 5) is 22.3. The Morgan fingerprint density at radius 3 is 2.55 bits per heavy atom. The van der Waals surface area contributed by atoms with Crippen molar-refractivity contribution in [3.05, 3.63) is 39.9 Å². The number of carbonyl (C=O) groups excluding carboxylic acids is 1. The van der Waals surface area contributed by atoms with E-state index in [9.17, 15) is 14.9 Å². The number of nitrogens with zero attached hydrogens (tertiary/aromatic N) is 1. The van der Waals surface area contributed by atoms with Crippen LogP contribution in [0, 0.1) is 10.1 Å². The Balaban J connectivity index is 2.76. The smallest absolute Gasteiger partial charge is 0.269 e. The molecule has 0 atom stereocenters. The van der Waals surface area contributed by atoms with Crippen LogP contribution < -0.4 is 11.1 Å². The van der Waals surface area contributed by atoms with Crippen molar-refractivity contribution < 1.29 is 9.72 Å². The highest BCUT2D eigenvalue weighted by molar-refractivity contribution is 5.79. The molecule has 0 aromatic heterocycles. The van der Waals surface area contributed by atoms with Crippen LogP contribution in [-0.4, -0.2) is 22.9 Å². The third kappa shape index (κ3) is 4.03. The number of nitrogens with one attached hydrogen (secondary N) is 1. The van der Waals surface area contributed by atoms with E-state index >= 15 is 0 Å². The topological polar surface area (TPSA) is 98.3 Å². The second-order valence-corrected chi connectivity index (χ2v) is 4.84. The summed E-state index contributed by atoms with van der Waals surface area (Å²) in [6, 6.07) is 6.11. The molecular formula is C14H21N3O3. The third-order valence-electron chi connectivity index (χ3n) is 3.63. The summed E-state index contributed by atoms with van der Waals surface area (Å²) in [5, 5.41) is 13.6. The van der Waals surface area contributed by atoms with Gasteiger partial charge in [0.15, 0.2) is 0 Å². The van der Waals surface area contributed by atoms with Crippen molar-refractivity contribution in [3.63, 3.8) is 0 Å². The molecule has 0 bridgehead atoms. The maximum Gasteiger partial charge on any atom is 0.269 e. The number of carbonyl (C=O) groups is 1. The quantitative estimate of drug-likeness (QED) is 0.587. The molecule has 0 saturated heterocycles. The molecule has 0 saturated carbocycles. The van der Waals surface area contributed by atoms with Crippen LogP contribution in [0.2, 0.25) is 0 Å². The molecule has 0 aliphatic heterocycles. The first-order valence-electron chi connectivity index (χ1n) is 6.70. The molecule has 6 nitrogen and oxygen atoms in total. The Bertz CT molecular complexity index is 476. The highest BCUT2D eigenvalue weighted by Gasteiger charge is 2.26. The molecule has 3 N–H and O–H groups in total. The fourth-order valence-corrected chi connectivity index (χ4v) is 2.07. The second kappa shape index (κ2) is 7.00. The number of hydrogen-bond acceptors (Lipinski definition) is 4. The molecule has 1 aromatic carbocycles.